The smallest absolute Gasteiger partial charge is 0.320 e. The van der Waals surface area contributed by atoms with E-state index in [1.807, 2.05) is 7.05 Å². The van der Waals surface area contributed by atoms with Crippen molar-refractivity contribution in [3.8, 4) is 0 Å². The van der Waals surface area contributed by atoms with Crippen LogP contribution in [0.3, 0.4) is 0 Å². The summed E-state index contributed by atoms with van der Waals surface area (Å²) in [5.74, 6) is 0. The zero-order chi connectivity index (χ0) is 10.9. The van der Waals surface area contributed by atoms with Gasteiger partial charge >= 0.3 is 10.4 Å². The van der Waals surface area contributed by atoms with E-state index in [1.54, 1.807) is 0 Å². The first-order chi connectivity index (χ1) is 5.77. The Kier molecular flexibility index (Phi) is 9.86. The van der Waals surface area contributed by atoms with Crippen molar-refractivity contribution in [1.29, 1.82) is 0 Å². The van der Waals surface area contributed by atoms with Crippen LogP contribution in [0.15, 0.2) is 0 Å². The van der Waals surface area contributed by atoms with Gasteiger partial charge in [0.05, 0.1) is 0 Å². The molecule has 0 amide bonds. The molecule has 0 aliphatic carbocycles. The van der Waals surface area contributed by atoms with Crippen molar-refractivity contribution in [2.45, 2.75) is 6.42 Å². The van der Waals surface area contributed by atoms with E-state index in [2.05, 4.69) is 24.3 Å². The summed E-state index contributed by atoms with van der Waals surface area (Å²) in [6.45, 7) is 2.30. The summed E-state index contributed by atoms with van der Waals surface area (Å²) in [5, 5.41) is 3.10. The number of hydrogen-bond acceptors (Lipinski definition) is 4. The molecular weight excluding hydrogens is 196 g/mol. The van der Waals surface area contributed by atoms with Crippen LogP contribution < -0.4 is 5.32 Å². The van der Waals surface area contributed by atoms with Gasteiger partial charge in [-0.05, 0) is 40.7 Å². The predicted molar refractivity (Wildman–Crippen MR) is 51.3 cm³/mol. The average Bonchev–Trinajstić information content (AvgIpc) is 1.83. The van der Waals surface area contributed by atoms with Crippen LogP contribution in [0.1, 0.15) is 6.42 Å². The topological polar surface area (TPSA) is 89.9 Å². The normalized spacial score (nSPS) is 10.9. The van der Waals surface area contributed by atoms with Gasteiger partial charge in [-0.3, -0.25) is 9.11 Å². The monoisotopic (exact) mass is 214 g/mol. The van der Waals surface area contributed by atoms with Crippen molar-refractivity contribution in [2.75, 3.05) is 34.2 Å². The zero-order valence-corrected chi connectivity index (χ0v) is 9.00. The Balaban J connectivity index is 0. The molecule has 0 spiro atoms. The van der Waals surface area contributed by atoms with E-state index in [0.717, 1.165) is 6.54 Å². The Hall–Kier alpha value is -0.210. The molecule has 13 heavy (non-hydrogen) atoms. The molecule has 0 saturated carbocycles. The molecule has 0 bridgehead atoms. The molecule has 0 atom stereocenters. The second kappa shape index (κ2) is 8.39. The van der Waals surface area contributed by atoms with Gasteiger partial charge in [-0.2, -0.15) is 8.42 Å². The van der Waals surface area contributed by atoms with Gasteiger partial charge in [0.15, 0.2) is 0 Å². The van der Waals surface area contributed by atoms with Gasteiger partial charge in [0, 0.05) is 0 Å². The first kappa shape index (κ1) is 15.3. The number of nitrogens with zero attached hydrogens (tertiary/aromatic N) is 1. The van der Waals surface area contributed by atoms with Gasteiger partial charge < -0.3 is 10.2 Å². The molecule has 0 rings (SSSR count). The third-order valence-corrected chi connectivity index (χ3v) is 1.03. The van der Waals surface area contributed by atoms with Crippen LogP contribution in [0.25, 0.3) is 0 Å². The van der Waals surface area contributed by atoms with E-state index >= 15 is 0 Å². The first-order valence-corrected chi connectivity index (χ1v) is 5.16. The highest BCUT2D eigenvalue weighted by Gasteiger charge is 1.86. The summed E-state index contributed by atoms with van der Waals surface area (Å²) < 4.78 is 31.6. The zero-order valence-electron chi connectivity index (χ0n) is 8.19. The lowest BCUT2D eigenvalue weighted by Crippen LogP contribution is -2.18. The number of nitrogens with one attached hydrogen (secondary N) is 1. The highest BCUT2D eigenvalue weighted by molar-refractivity contribution is 7.79. The van der Waals surface area contributed by atoms with Crippen molar-refractivity contribution < 1.29 is 17.5 Å². The lowest BCUT2D eigenvalue weighted by Gasteiger charge is -2.07. The van der Waals surface area contributed by atoms with Crippen molar-refractivity contribution >= 4 is 10.4 Å². The molecule has 0 heterocycles. The molecular formula is C6H18N2O4S. The van der Waals surface area contributed by atoms with E-state index in [-0.39, 0.29) is 0 Å². The quantitative estimate of drug-likeness (QED) is 0.432. The first-order valence-electron chi connectivity index (χ1n) is 3.76. The fraction of sp³-hybridized carbons (Fsp3) is 1.00. The summed E-state index contributed by atoms with van der Waals surface area (Å²) in [6.07, 6.45) is 1.24. The van der Waals surface area contributed by atoms with Gasteiger partial charge in [0.25, 0.3) is 0 Å². The van der Waals surface area contributed by atoms with E-state index in [9.17, 15) is 0 Å². The number of hydrogen-bond donors (Lipinski definition) is 3. The van der Waals surface area contributed by atoms with Gasteiger partial charge in [-0.25, -0.2) is 0 Å². The lowest BCUT2D eigenvalue weighted by atomic mass is 10.4. The van der Waals surface area contributed by atoms with E-state index in [1.165, 1.54) is 13.0 Å². The summed E-state index contributed by atoms with van der Waals surface area (Å²) in [5.41, 5.74) is 0. The molecule has 0 fully saturated rings. The fourth-order valence-electron chi connectivity index (χ4n) is 0.572. The molecule has 82 valence electrons. The summed E-state index contributed by atoms with van der Waals surface area (Å²) in [7, 11) is 1.50. The summed E-state index contributed by atoms with van der Waals surface area (Å²) in [4.78, 5) is 2.19. The molecule has 0 aromatic carbocycles. The molecule has 3 N–H and O–H groups in total. The molecule has 0 radical (unpaired) electrons. The second-order valence-electron chi connectivity index (χ2n) is 2.71. The highest BCUT2D eigenvalue weighted by atomic mass is 32.3. The minimum absolute atomic E-state index is 1.12. The van der Waals surface area contributed by atoms with E-state index in [4.69, 9.17) is 17.5 Å². The Morgan fingerprint density at radius 1 is 1.31 bits per heavy atom. The summed E-state index contributed by atoms with van der Waals surface area (Å²) in [6, 6.07) is 0. The minimum Gasteiger partial charge on any atom is -0.320 e. The maximum Gasteiger partial charge on any atom is 0.394 e. The Bertz CT molecular complexity index is 183. The minimum atomic E-state index is -4.67. The van der Waals surface area contributed by atoms with E-state index < -0.39 is 10.4 Å². The largest absolute Gasteiger partial charge is 0.394 e. The SMILES string of the molecule is CNCCCN(C)C.O=S(=O)(O)O. The molecule has 6 nitrogen and oxygen atoms in total. The second-order valence-corrected chi connectivity index (χ2v) is 3.60. The average molecular weight is 214 g/mol. The molecule has 7 heteroatoms. The molecule has 0 saturated heterocycles. The van der Waals surface area contributed by atoms with Crippen molar-refractivity contribution in [3.63, 3.8) is 0 Å². The Morgan fingerprint density at radius 3 is 1.92 bits per heavy atom. The van der Waals surface area contributed by atoms with Crippen molar-refractivity contribution in [3.05, 3.63) is 0 Å². The number of rotatable bonds is 4. The Labute approximate surface area is 79.5 Å². The molecule has 0 unspecified atom stereocenters. The van der Waals surface area contributed by atoms with Crippen LogP contribution in [0.2, 0.25) is 0 Å². The predicted octanol–water partition coefficient (Wildman–Crippen LogP) is -0.495. The maximum absolute atomic E-state index is 8.74. The third kappa shape index (κ3) is 49.3. The van der Waals surface area contributed by atoms with E-state index in [0.29, 0.717) is 0 Å². The van der Waals surface area contributed by atoms with Crippen molar-refractivity contribution in [1.82, 2.24) is 10.2 Å². The third-order valence-electron chi connectivity index (χ3n) is 1.03. The van der Waals surface area contributed by atoms with Crippen LogP contribution in [-0.4, -0.2) is 56.7 Å². The fourth-order valence-corrected chi connectivity index (χ4v) is 0.572. The maximum atomic E-state index is 8.74. The molecule has 0 aliphatic heterocycles. The van der Waals surface area contributed by atoms with Gasteiger partial charge in [0.2, 0.25) is 0 Å². The van der Waals surface area contributed by atoms with Gasteiger partial charge in [-0.1, -0.05) is 0 Å². The van der Waals surface area contributed by atoms with Crippen LogP contribution in [0.5, 0.6) is 0 Å². The highest BCUT2D eigenvalue weighted by Crippen LogP contribution is 1.78. The van der Waals surface area contributed by atoms with Crippen molar-refractivity contribution in [2.24, 2.45) is 0 Å². The van der Waals surface area contributed by atoms with Crippen LogP contribution >= 0.6 is 0 Å². The lowest BCUT2D eigenvalue weighted by molar-refractivity contribution is 0.381. The Morgan fingerprint density at radius 2 is 1.69 bits per heavy atom. The summed E-state index contributed by atoms with van der Waals surface area (Å²) >= 11 is 0. The van der Waals surface area contributed by atoms with Crippen LogP contribution in [0.4, 0.5) is 0 Å². The molecule has 0 aliphatic rings. The van der Waals surface area contributed by atoms with Crippen LogP contribution in [0, 0.1) is 0 Å². The standard InChI is InChI=1S/C6H16N2.H2O4S/c1-7-5-4-6-8(2)3;1-5(2,3)4/h7H,4-6H2,1-3H3;(H2,1,2,3,4). The van der Waals surface area contributed by atoms with Gasteiger partial charge in [-0.15, -0.1) is 0 Å². The van der Waals surface area contributed by atoms with Gasteiger partial charge in [0.1, 0.15) is 0 Å². The van der Waals surface area contributed by atoms with Crippen LogP contribution in [-0.2, 0) is 10.4 Å². The molecule has 0 aromatic rings. The molecule has 0 aromatic heterocycles.